The molecule has 17 heavy (non-hydrogen) atoms. The molecule has 0 aliphatic rings. The molecule has 0 spiro atoms. The molecule has 1 aromatic heterocycles. The maximum Gasteiger partial charge on any atom is 0.243 e. The maximum atomic E-state index is 9.17. The summed E-state index contributed by atoms with van der Waals surface area (Å²) < 4.78 is 5.14. The van der Waals surface area contributed by atoms with Crippen molar-refractivity contribution in [1.29, 1.82) is 0 Å². The standard InChI is InChI=1S/C12H15N3O2/c1-8(13-2)12-14-11(15-17-12)7-9-3-5-10(16)6-4-9/h3-6,8,13,16H,7H2,1-2H3. The van der Waals surface area contributed by atoms with Crippen LogP contribution in [-0.4, -0.2) is 22.3 Å². The van der Waals surface area contributed by atoms with Gasteiger partial charge in [-0.2, -0.15) is 4.98 Å². The van der Waals surface area contributed by atoms with Crippen LogP contribution >= 0.6 is 0 Å². The SMILES string of the molecule is CNC(C)c1nc(Cc2ccc(O)cc2)no1. The number of phenols is 1. The first-order valence-corrected chi connectivity index (χ1v) is 5.46. The van der Waals surface area contributed by atoms with Gasteiger partial charge in [0.15, 0.2) is 5.82 Å². The zero-order chi connectivity index (χ0) is 12.3. The molecule has 2 rings (SSSR count). The highest BCUT2D eigenvalue weighted by Crippen LogP contribution is 2.14. The van der Waals surface area contributed by atoms with Gasteiger partial charge in [0, 0.05) is 6.42 Å². The van der Waals surface area contributed by atoms with Gasteiger partial charge < -0.3 is 14.9 Å². The Morgan fingerprint density at radius 2 is 2.06 bits per heavy atom. The summed E-state index contributed by atoms with van der Waals surface area (Å²) in [5, 5.41) is 16.1. The Bertz CT molecular complexity index is 479. The Balaban J connectivity index is 2.08. The molecule has 0 aliphatic carbocycles. The minimum absolute atomic E-state index is 0.0519. The molecule has 2 aromatic rings. The van der Waals surface area contributed by atoms with Crippen LogP contribution in [-0.2, 0) is 6.42 Å². The van der Waals surface area contributed by atoms with Crippen molar-refractivity contribution in [3.63, 3.8) is 0 Å². The van der Waals surface area contributed by atoms with Crippen LogP contribution in [0, 0.1) is 0 Å². The molecule has 0 saturated carbocycles. The van der Waals surface area contributed by atoms with Gasteiger partial charge in [0.1, 0.15) is 5.75 Å². The number of nitrogens with one attached hydrogen (secondary N) is 1. The zero-order valence-electron chi connectivity index (χ0n) is 9.84. The van der Waals surface area contributed by atoms with E-state index in [1.165, 1.54) is 0 Å². The minimum atomic E-state index is 0.0519. The van der Waals surface area contributed by atoms with Crippen LogP contribution in [0.25, 0.3) is 0 Å². The second-order valence-electron chi connectivity index (χ2n) is 3.90. The third-order valence-corrected chi connectivity index (χ3v) is 2.59. The van der Waals surface area contributed by atoms with Crippen LogP contribution in [0.5, 0.6) is 5.75 Å². The quantitative estimate of drug-likeness (QED) is 0.840. The normalized spacial score (nSPS) is 12.6. The van der Waals surface area contributed by atoms with Gasteiger partial charge in [-0.3, -0.25) is 0 Å². The van der Waals surface area contributed by atoms with E-state index in [0.29, 0.717) is 18.1 Å². The van der Waals surface area contributed by atoms with Crippen LogP contribution in [0.15, 0.2) is 28.8 Å². The number of aromatic hydroxyl groups is 1. The molecule has 5 heteroatoms. The van der Waals surface area contributed by atoms with E-state index in [-0.39, 0.29) is 11.8 Å². The molecule has 0 saturated heterocycles. The fraction of sp³-hybridized carbons (Fsp3) is 0.333. The topological polar surface area (TPSA) is 71.2 Å². The average molecular weight is 233 g/mol. The zero-order valence-corrected chi connectivity index (χ0v) is 9.84. The Labute approximate surface area is 99.5 Å². The van der Waals surface area contributed by atoms with Crippen molar-refractivity contribution in [1.82, 2.24) is 15.5 Å². The van der Waals surface area contributed by atoms with Gasteiger partial charge in [-0.25, -0.2) is 0 Å². The minimum Gasteiger partial charge on any atom is -0.508 e. The molecule has 1 unspecified atom stereocenters. The van der Waals surface area contributed by atoms with Crippen LogP contribution < -0.4 is 5.32 Å². The predicted octanol–water partition coefficient (Wildman–Crippen LogP) is 1.65. The van der Waals surface area contributed by atoms with Crippen molar-refractivity contribution in [3.8, 4) is 5.75 Å². The summed E-state index contributed by atoms with van der Waals surface area (Å²) in [6, 6.07) is 7.02. The Hall–Kier alpha value is -1.88. The lowest BCUT2D eigenvalue weighted by Gasteiger charge is -2.01. The van der Waals surface area contributed by atoms with Gasteiger partial charge in [0.2, 0.25) is 5.89 Å². The number of phenolic OH excluding ortho intramolecular Hbond substituents is 1. The van der Waals surface area contributed by atoms with Gasteiger partial charge in [0.25, 0.3) is 0 Å². The molecule has 0 amide bonds. The lowest BCUT2D eigenvalue weighted by Crippen LogP contribution is -2.12. The summed E-state index contributed by atoms with van der Waals surface area (Å²) in [7, 11) is 1.84. The van der Waals surface area contributed by atoms with E-state index in [1.807, 2.05) is 26.1 Å². The highest BCUT2D eigenvalue weighted by Gasteiger charge is 2.12. The molecule has 2 N–H and O–H groups in total. The highest BCUT2D eigenvalue weighted by molar-refractivity contribution is 5.27. The maximum absolute atomic E-state index is 9.17. The Morgan fingerprint density at radius 1 is 1.35 bits per heavy atom. The molecule has 90 valence electrons. The number of aromatic nitrogens is 2. The van der Waals surface area contributed by atoms with Crippen molar-refractivity contribution >= 4 is 0 Å². The van der Waals surface area contributed by atoms with Crippen molar-refractivity contribution in [2.75, 3.05) is 7.05 Å². The van der Waals surface area contributed by atoms with Crippen LogP contribution in [0.3, 0.4) is 0 Å². The van der Waals surface area contributed by atoms with Crippen LogP contribution in [0.1, 0.15) is 30.2 Å². The summed E-state index contributed by atoms with van der Waals surface area (Å²) >= 11 is 0. The second-order valence-corrected chi connectivity index (χ2v) is 3.90. The van der Waals surface area contributed by atoms with E-state index in [9.17, 15) is 5.11 Å². The van der Waals surface area contributed by atoms with Crippen molar-refractivity contribution < 1.29 is 9.63 Å². The molecule has 0 fully saturated rings. The molecule has 1 heterocycles. The van der Waals surface area contributed by atoms with Crippen LogP contribution in [0.4, 0.5) is 0 Å². The third-order valence-electron chi connectivity index (χ3n) is 2.59. The fourth-order valence-electron chi connectivity index (χ4n) is 1.44. The molecular formula is C12H15N3O2. The van der Waals surface area contributed by atoms with E-state index in [0.717, 1.165) is 5.56 Å². The largest absolute Gasteiger partial charge is 0.508 e. The van der Waals surface area contributed by atoms with E-state index >= 15 is 0 Å². The van der Waals surface area contributed by atoms with Gasteiger partial charge in [0.05, 0.1) is 6.04 Å². The number of benzene rings is 1. The highest BCUT2D eigenvalue weighted by atomic mass is 16.5. The van der Waals surface area contributed by atoms with E-state index in [2.05, 4.69) is 15.5 Å². The molecule has 0 bridgehead atoms. The summed E-state index contributed by atoms with van der Waals surface area (Å²) in [5.41, 5.74) is 1.03. The van der Waals surface area contributed by atoms with Crippen molar-refractivity contribution in [2.45, 2.75) is 19.4 Å². The molecule has 1 atom stereocenters. The molecule has 5 nitrogen and oxygen atoms in total. The predicted molar refractivity (Wildman–Crippen MR) is 62.7 cm³/mol. The van der Waals surface area contributed by atoms with Crippen LogP contribution in [0.2, 0.25) is 0 Å². The lowest BCUT2D eigenvalue weighted by atomic mass is 10.1. The molecule has 1 aromatic carbocycles. The Kier molecular flexibility index (Phi) is 3.39. The first-order chi connectivity index (χ1) is 8.19. The lowest BCUT2D eigenvalue weighted by molar-refractivity contribution is 0.344. The van der Waals surface area contributed by atoms with Crippen molar-refractivity contribution in [2.24, 2.45) is 0 Å². The van der Waals surface area contributed by atoms with E-state index < -0.39 is 0 Å². The van der Waals surface area contributed by atoms with Gasteiger partial charge in [-0.15, -0.1) is 0 Å². The summed E-state index contributed by atoms with van der Waals surface area (Å²) in [6.07, 6.45) is 0.597. The number of nitrogens with zero attached hydrogens (tertiary/aromatic N) is 2. The van der Waals surface area contributed by atoms with E-state index in [1.54, 1.807) is 12.1 Å². The van der Waals surface area contributed by atoms with Crippen molar-refractivity contribution in [3.05, 3.63) is 41.5 Å². The third kappa shape index (κ3) is 2.82. The summed E-state index contributed by atoms with van der Waals surface area (Å²) in [6.45, 7) is 1.96. The van der Waals surface area contributed by atoms with Gasteiger partial charge in [-0.1, -0.05) is 17.3 Å². The molecule has 0 aliphatic heterocycles. The molecular weight excluding hydrogens is 218 g/mol. The fourth-order valence-corrected chi connectivity index (χ4v) is 1.44. The summed E-state index contributed by atoms with van der Waals surface area (Å²) in [5.74, 6) is 1.49. The van der Waals surface area contributed by atoms with Gasteiger partial charge >= 0.3 is 0 Å². The summed E-state index contributed by atoms with van der Waals surface area (Å²) in [4.78, 5) is 4.30. The Morgan fingerprint density at radius 3 is 2.71 bits per heavy atom. The van der Waals surface area contributed by atoms with Gasteiger partial charge in [-0.05, 0) is 31.7 Å². The number of rotatable bonds is 4. The average Bonchev–Trinajstić information content (AvgIpc) is 2.80. The molecule has 0 radical (unpaired) electrons. The number of hydrogen-bond donors (Lipinski definition) is 2. The van der Waals surface area contributed by atoms with E-state index in [4.69, 9.17) is 4.52 Å². The monoisotopic (exact) mass is 233 g/mol. The smallest absolute Gasteiger partial charge is 0.243 e. The number of hydrogen-bond acceptors (Lipinski definition) is 5. The first-order valence-electron chi connectivity index (χ1n) is 5.46. The second kappa shape index (κ2) is 4.97. The first kappa shape index (κ1) is 11.6.